The summed E-state index contributed by atoms with van der Waals surface area (Å²) in [7, 11) is 0. The molecule has 2 rings (SSSR count). The first-order valence-electron chi connectivity index (χ1n) is 10.8. The van der Waals surface area contributed by atoms with Crippen LogP contribution in [0.5, 0.6) is 0 Å². The molecule has 0 aliphatic heterocycles. The van der Waals surface area contributed by atoms with Gasteiger partial charge < -0.3 is 14.8 Å². The maximum atomic E-state index is 12.9. The van der Waals surface area contributed by atoms with Gasteiger partial charge in [-0.1, -0.05) is 36.4 Å². The SMILES string of the molecule is Cc1ccc(SCc2ccccc2)cc1C[C@H](NC(=O)OC(C)(C)C)C(=O)OC(C)(C)C. The van der Waals surface area contributed by atoms with E-state index in [1.165, 1.54) is 5.56 Å². The molecule has 5 nitrogen and oxygen atoms in total. The number of nitrogens with one attached hydrogen (secondary N) is 1. The summed E-state index contributed by atoms with van der Waals surface area (Å²) in [5.74, 6) is 0.375. The molecule has 32 heavy (non-hydrogen) atoms. The predicted molar refractivity (Wildman–Crippen MR) is 130 cm³/mol. The van der Waals surface area contributed by atoms with Gasteiger partial charge in [0.1, 0.15) is 17.2 Å². The predicted octanol–water partition coefficient (Wildman–Crippen LogP) is 6.06. The van der Waals surface area contributed by atoms with E-state index in [1.54, 1.807) is 32.5 Å². The van der Waals surface area contributed by atoms with Gasteiger partial charge in [0.15, 0.2) is 0 Å². The van der Waals surface area contributed by atoms with E-state index in [4.69, 9.17) is 9.47 Å². The van der Waals surface area contributed by atoms with E-state index in [0.29, 0.717) is 6.42 Å². The van der Waals surface area contributed by atoms with Crippen LogP contribution in [0.4, 0.5) is 4.79 Å². The lowest BCUT2D eigenvalue weighted by atomic mass is 10.0. The summed E-state index contributed by atoms with van der Waals surface area (Å²) in [6, 6.07) is 15.6. The van der Waals surface area contributed by atoms with Crippen LogP contribution in [0.25, 0.3) is 0 Å². The molecule has 0 unspecified atom stereocenters. The second kappa shape index (κ2) is 10.9. The fourth-order valence-corrected chi connectivity index (χ4v) is 3.85. The zero-order valence-corrected chi connectivity index (χ0v) is 21.0. The first-order valence-corrected chi connectivity index (χ1v) is 11.8. The highest BCUT2D eigenvalue weighted by Gasteiger charge is 2.29. The molecule has 2 aromatic carbocycles. The molecule has 0 aliphatic rings. The zero-order valence-electron chi connectivity index (χ0n) is 20.2. The number of benzene rings is 2. The molecule has 0 saturated heterocycles. The molecule has 1 N–H and O–H groups in total. The Morgan fingerprint density at radius 2 is 1.56 bits per heavy atom. The Labute approximate surface area is 196 Å². The average Bonchev–Trinajstić information content (AvgIpc) is 2.66. The lowest BCUT2D eigenvalue weighted by Crippen LogP contribution is -2.47. The fourth-order valence-electron chi connectivity index (χ4n) is 2.93. The van der Waals surface area contributed by atoms with Crippen LogP contribution in [0.1, 0.15) is 58.2 Å². The third-order valence-electron chi connectivity index (χ3n) is 4.38. The summed E-state index contributed by atoms with van der Waals surface area (Å²) < 4.78 is 10.9. The maximum Gasteiger partial charge on any atom is 0.408 e. The van der Waals surface area contributed by atoms with Gasteiger partial charge >= 0.3 is 12.1 Å². The lowest BCUT2D eigenvalue weighted by Gasteiger charge is -2.26. The van der Waals surface area contributed by atoms with Crippen molar-refractivity contribution in [3.05, 3.63) is 65.2 Å². The maximum absolute atomic E-state index is 12.9. The van der Waals surface area contributed by atoms with Crippen molar-refractivity contribution in [2.24, 2.45) is 0 Å². The first kappa shape index (κ1) is 25.8. The summed E-state index contributed by atoms with van der Waals surface area (Å²) in [5, 5.41) is 2.71. The molecule has 0 spiro atoms. The third-order valence-corrected chi connectivity index (χ3v) is 5.44. The number of alkyl carbamates (subject to hydrolysis) is 1. The van der Waals surface area contributed by atoms with Gasteiger partial charge in [0.25, 0.3) is 0 Å². The Morgan fingerprint density at radius 3 is 2.16 bits per heavy atom. The quantitative estimate of drug-likeness (QED) is 0.404. The summed E-state index contributed by atoms with van der Waals surface area (Å²) in [6.45, 7) is 12.8. The smallest absolute Gasteiger partial charge is 0.408 e. The van der Waals surface area contributed by atoms with Crippen LogP contribution in [-0.4, -0.2) is 29.3 Å². The first-order chi connectivity index (χ1) is 14.8. The lowest BCUT2D eigenvalue weighted by molar-refractivity contribution is -0.157. The number of rotatable bonds is 7. The van der Waals surface area contributed by atoms with E-state index >= 15 is 0 Å². The molecule has 0 saturated carbocycles. The molecule has 0 radical (unpaired) electrons. The third kappa shape index (κ3) is 9.35. The van der Waals surface area contributed by atoms with Gasteiger partial charge in [-0.3, -0.25) is 0 Å². The summed E-state index contributed by atoms with van der Waals surface area (Å²) >= 11 is 1.74. The Balaban J connectivity index is 2.18. The average molecular weight is 458 g/mol. The number of ether oxygens (including phenoxy) is 2. The highest BCUT2D eigenvalue weighted by Crippen LogP contribution is 2.26. The van der Waals surface area contributed by atoms with E-state index < -0.39 is 29.3 Å². The number of thioether (sulfide) groups is 1. The zero-order chi connectivity index (χ0) is 23.9. The molecular formula is C26H35NO4S. The Kier molecular flexibility index (Phi) is 8.79. The molecule has 1 amide bonds. The highest BCUT2D eigenvalue weighted by atomic mass is 32.2. The molecule has 1 atom stereocenters. The van der Waals surface area contributed by atoms with Gasteiger partial charge in [-0.2, -0.15) is 0 Å². The topological polar surface area (TPSA) is 64.6 Å². The van der Waals surface area contributed by atoms with E-state index in [9.17, 15) is 9.59 Å². The minimum Gasteiger partial charge on any atom is -0.458 e. The number of esters is 1. The molecular weight excluding hydrogens is 422 g/mol. The Morgan fingerprint density at radius 1 is 0.938 bits per heavy atom. The monoisotopic (exact) mass is 457 g/mol. The van der Waals surface area contributed by atoms with E-state index in [2.05, 4.69) is 29.6 Å². The highest BCUT2D eigenvalue weighted by molar-refractivity contribution is 7.98. The van der Waals surface area contributed by atoms with Crippen molar-refractivity contribution in [1.82, 2.24) is 5.32 Å². The normalized spacial score (nSPS) is 12.7. The minimum absolute atomic E-state index is 0.319. The number of aryl methyl sites for hydroxylation is 1. The Bertz CT molecular complexity index is 914. The summed E-state index contributed by atoms with van der Waals surface area (Å²) in [6.07, 6.45) is -0.319. The van der Waals surface area contributed by atoms with Gasteiger partial charge in [-0.25, -0.2) is 9.59 Å². The van der Waals surface area contributed by atoms with Gasteiger partial charge in [-0.15, -0.1) is 11.8 Å². The van der Waals surface area contributed by atoms with E-state index in [-0.39, 0.29) is 0 Å². The number of amides is 1. The molecule has 174 valence electrons. The summed E-state index contributed by atoms with van der Waals surface area (Å²) in [5.41, 5.74) is 1.96. The van der Waals surface area contributed by atoms with E-state index in [0.717, 1.165) is 21.8 Å². The molecule has 0 fully saturated rings. The van der Waals surface area contributed by atoms with Crippen LogP contribution in [-0.2, 0) is 26.4 Å². The van der Waals surface area contributed by atoms with Gasteiger partial charge in [-0.05, 0) is 77.3 Å². The van der Waals surface area contributed by atoms with Crippen LogP contribution in [0, 0.1) is 6.92 Å². The van der Waals surface area contributed by atoms with Gasteiger partial charge in [0.05, 0.1) is 0 Å². The van der Waals surface area contributed by atoms with Crippen LogP contribution < -0.4 is 5.32 Å². The van der Waals surface area contributed by atoms with Crippen molar-refractivity contribution in [3.63, 3.8) is 0 Å². The van der Waals surface area contributed by atoms with Crippen molar-refractivity contribution in [2.75, 3.05) is 0 Å². The van der Waals surface area contributed by atoms with E-state index in [1.807, 2.05) is 52.0 Å². The van der Waals surface area contributed by atoms with Crippen molar-refractivity contribution in [2.45, 2.75) is 82.8 Å². The van der Waals surface area contributed by atoms with Gasteiger partial charge in [0, 0.05) is 17.1 Å². The molecule has 0 aliphatic carbocycles. The van der Waals surface area contributed by atoms with Crippen LogP contribution in [0.3, 0.4) is 0 Å². The Hall–Kier alpha value is -2.47. The van der Waals surface area contributed by atoms with Crippen LogP contribution in [0.15, 0.2) is 53.4 Å². The molecule has 0 bridgehead atoms. The molecule has 0 heterocycles. The minimum atomic E-state index is -0.850. The molecule has 6 heteroatoms. The van der Waals surface area contributed by atoms with Crippen molar-refractivity contribution in [1.29, 1.82) is 0 Å². The van der Waals surface area contributed by atoms with Gasteiger partial charge in [0.2, 0.25) is 0 Å². The second-order valence-electron chi connectivity index (χ2n) is 9.80. The standard InChI is InChI=1S/C26H35NO4S/c1-18-13-14-21(32-17-19-11-9-8-10-12-19)15-20(18)16-22(23(28)30-25(2,3)4)27-24(29)31-26(5,6)7/h8-15,22H,16-17H2,1-7H3,(H,27,29)/t22-/m0/s1. The van der Waals surface area contributed by atoms with Crippen molar-refractivity contribution < 1.29 is 19.1 Å². The molecule has 0 aromatic heterocycles. The largest absolute Gasteiger partial charge is 0.458 e. The molecule has 2 aromatic rings. The number of carbonyl (C=O) groups excluding carboxylic acids is 2. The van der Waals surface area contributed by atoms with Crippen LogP contribution >= 0.6 is 11.8 Å². The summed E-state index contributed by atoms with van der Waals surface area (Å²) in [4.78, 5) is 26.4. The number of hydrogen-bond acceptors (Lipinski definition) is 5. The second-order valence-corrected chi connectivity index (χ2v) is 10.8. The van der Waals surface area contributed by atoms with Crippen LogP contribution in [0.2, 0.25) is 0 Å². The number of hydrogen-bond donors (Lipinski definition) is 1. The van der Waals surface area contributed by atoms with Crippen molar-refractivity contribution >= 4 is 23.8 Å². The fraction of sp³-hybridized carbons (Fsp3) is 0.462. The number of carbonyl (C=O) groups is 2. The van der Waals surface area contributed by atoms with Crippen molar-refractivity contribution in [3.8, 4) is 0 Å².